The Bertz CT molecular complexity index is 313. The molecule has 4 atom stereocenters. The minimum Gasteiger partial charge on any atom is -0.481 e. The Kier molecular flexibility index (Phi) is 18.0. The highest BCUT2D eigenvalue weighted by Gasteiger charge is 2.22. The number of carboxylic acids is 1. The Hall–Kier alpha value is 1.66. The molecule has 0 aliphatic heterocycles. The van der Waals surface area contributed by atoms with E-state index in [1.807, 2.05) is 0 Å². The van der Waals surface area contributed by atoms with Crippen LogP contribution < -0.4 is 0 Å². The van der Waals surface area contributed by atoms with E-state index < -0.39 is 5.97 Å². The zero-order valence-corrected chi connectivity index (χ0v) is 21.8. The van der Waals surface area contributed by atoms with Gasteiger partial charge >= 0.3 is 5.97 Å². The van der Waals surface area contributed by atoms with E-state index in [9.17, 15) is 4.79 Å². The molecule has 2 nitrogen and oxygen atoms in total. The van der Waals surface area contributed by atoms with Crippen LogP contribution in [-0.4, -0.2) is 22.8 Å². The molecule has 0 spiro atoms. The molecule has 0 saturated heterocycles. The van der Waals surface area contributed by atoms with Gasteiger partial charge in [0.1, 0.15) is 0 Å². The van der Waals surface area contributed by atoms with Crippen molar-refractivity contribution in [3.63, 3.8) is 0 Å². The molecule has 0 aliphatic rings. The van der Waals surface area contributed by atoms with Gasteiger partial charge in [-0.15, -0.1) is 0 Å². The van der Waals surface area contributed by atoms with Gasteiger partial charge in [-0.1, -0.05) is 127 Å². The van der Waals surface area contributed by atoms with Crippen molar-refractivity contribution in [3.8, 4) is 0 Å². The second-order valence-corrected chi connectivity index (χ2v) is 11.8. The molecule has 0 bridgehead atoms. The molecule has 24 heavy (non-hydrogen) atoms. The van der Waals surface area contributed by atoms with E-state index in [0.717, 1.165) is 30.5 Å². The predicted molar refractivity (Wildman–Crippen MR) is 131 cm³/mol. The number of unbranched alkanes of at least 4 members (excludes halogenated alkanes) is 6. The van der Waals surface area contributed by atoms with Gasteiger partial charge in [0.15, 0.2) is 0 Å². The first-order chi connectivity index (χ1) is 11.4. The molecule has 1 N–H and O–H groups in total. The first kappa shape index (κ1) is 25.7. The number of hydrogen-bond donors (Lipinski definition) is 1. The van der Waals surface area contributed by atoms with Crippen LogP contribution in [0.3, 0.4) is 0 Å². The number of carbonyl (C=O) groups is 1. The molecule has 0 saturated carbocycles. The van der Waals surface area contributed by atoms with E-state index in [4.69, 9.17) is 5.11 Å². The third-order valence-corrected chi connectivity index (χ3v) is 10.7. The van der Waals surface area contributed by atoms with Crippen molar-refractivity contribution >= 4 is 73.7 Å². The molecule has 0 heterocycles. The lowest BCUT2D eigenvalue weighted by atomic mass is 9.96. The van der Waals surface area contributed by atoms with Crippen LogP contribution in [0.1, 0.15) is 90.9 Å². The first-order valence-electron chi connectivity index (χ1n) is 9.52. The fourth-order valence-electron chi connectivity index (χ4n) is 2.85. The summed E-state index contributed by atoms with van der Waals surface area (Å²) < 4.78 is 2.36. The summed E-state index contributed by atoms with van der Waals surface area (Å²) in [5.74, 6) is 0.158. The van der Waals surface area contributed by atoms with Crippen molar-refractivity contribution in [1.29, 1.82) is 0 Å². The Morgan fingerprint density at radius 1 is 0.833 bits per heavy atom. The van der Waals surface area contributed by atoms with Gasteiger partial charge in [-0.2, -0.15) is 0 Å². The van der Waals surface area contributed by atoms with Crippen molar-refractivity contribution in [3.05, 3.63) is 0 Å². The van der Waals surface area contributed by atoms with Gasteiger partial charge in [0.05, 0.1) is 0 Å². The summed E-state index contributed by atoms with van der Waals surface area (Å²) in [5, 5.41) is 8.62. The number of halogens is 3. The van der Waals surface area contributed by atoms with Gasteiger partial charge in [0.25, 0.3) is 0 Å². The first-order valence-corrected chi connectivity index (χ1v) is 13.3. The van der Waals surface area contributed by atoms with Crippen molar-refractivity contribution in [1.82, 2.24) is 0 Å². The van der Waals surface area contributed by atoms with Crippen molar-refractivity contribution < 1.29 is 9.90 Å². The third-order valence-electron chi connectivity index (χ3n) is 4.56. The number of aliphatic carboxylic acids is 1. The van der Waals surface area contributed by atoms with Crippen LogP contribution in [0, 0.1) is 5.92 Å². The Morgan fingerprint density at radius 3 is 2.00 bits per heavy atom. The van der Waals surface area contributed by atoms with E-state index in [0.29, 0.717) is 6.42 Å². The minimum absolute atomic E-state index is 0.332. The maximum absolute atomic E-state index is 10.5. The summed E-state index contributed by atoms with van der Waals surface area (Å²) in [7, 11) is 0. The molecule has 0 aromatic heterocycles. The molecule has 4 unspecified atom stereocenters. The number of hydrogen-bond acceptors (Lipinski definition) is 1. The van der Waals surface area contributed by atoms with Crippen LogP contribution in [0.4, 0.5) is 0 Å². The van der Waals surface area contributed by atoms with E-state index in [1.54, 1.807) is 0 Å². The smallest absolute Gasteiger partial charge is 0.303 e. The van der Waals surface area contributed by atoms with E-state index >= 15 is 0 Å². The number of carboxylic acid groups (broad SMARTS) is 1. The minimum atomic E-state index is -0.660. The van der Waals surface area contributed by atoms with Crippen molar-refractivity contribution in [2.45, 2.75) is 103 Å². The molecule has 0 aromatic carbocycles. The molecular weight excluding hydrogens is 641 g/mol. The monoisotopic (exact) mass is 676 g/mol. The third kappa shape index (κ3) is 14.8. The summed E-state index contributed by atoms with van der Waals surface area (Å²) >= 11 is 7.98. The van der Waals surface area contributed by atoms with Crippen molar-refractivity contribution in [2.24, 2.45) is 5.92 Å². The highest BCUT2D eigenvalue weighted by Crippen LogP contribution is 2.31. The Labute approximate surface area is 190 Å². The molecule has 0 aliphatic carbocycles. The summed E-state index contributed by atoms with van der Waals surface area (Å²) in [5.41, 5.74) is 0. The highest BCUT2D eigenvalue weighted by atomic mass is 127. The zero-order chi connectivity index (χ0) is 18.4. The summed E-state index contributed by atoms with van der Waals surface area (Å²) in [6.45, 7) is 4.71. The summed E-state index contributed by atoms with van der Waals surface area (Å²) in [6.07, 6.45) is 14.1. The maximum atomic E-state index is 10.5. The van der Waals surface area contributed by atoms with E-state index in [-0.39, 0.29) is 0 Å². The van der Waals surface area contributed by atoms with Crippen LogP contribution >= 0.6 is 67.8 Å². The second-order valence-electron chi connectivity index (χ2n) is 6.96. The molecule has 5 heteroatoms. The van der Waals surface area contributed by atoms with Crippen LogP contribution in [0.25, 0.3) is 0 Å². The lowest BCUT2D eigenvalue weighted by molar-refractivity contribution is -0.137. The highest BCUT2D eigenvalue weighted by molar-refractivity contribution is 14.1. The van der Waals surface area contributed by atoms with E-state index in [2.05, 4.69) is 81.6 Å². The maximum Gasteiger partial charge on any atom is 0.303 e. The summed E-state index contributed by atoms with van der Waals surface area (Å²) in [4.78, 5) is 10.5. The van der Waals surface area contributed by atoms with Gasteiger partial charge in [0, 0.05) is 18.2 Å². The fraction of sp³-hybridized carbons (Fsp3) is 0.947. The molecule has 0 fully saturated rings. The molecule has 0 radical (unpaired) electrons. The Balaban J connectivity index is 3.74. The van der Waals surface area contributed by atoms with Gasteiger partial charge in [-0.05, 0) is 31.6 Å². The Morgan fingerprint density at radius 2 is 1.38 bits per heavy atom. The lowest BCUT2D eigenvalue weighted by Gasteiger charge is -2.24. The molecule has 0 aromatic rings. The zero-order valence-electron chi connectivity index (χ0n) is 15.3. The fourth-order valence-corrected chi connectivity index (χ4v) is 5.48. The lowest BCUT2D eigenvalue weighted by Crippen LogP contribution is -2.21. The molecule has 0 amide bonds. The van der Waals surface area contributed by atoms with Crippen LogP contribution in [-0.2, 0) is 4.79 Å². The number of rotatable bonds is 16. The molecule has 0 rings (SSSR count). The van der Waals surface area contributed by atoms with Gasteiger partial charge in [-0.3, -0.25) is 4.79 Å². The van der Waals surface area contributed by atoms with Gasteiger partial charge in [0.2, 0.25) is 0 Å². The normalized spacial score (nSPS) is 16.5. The molecular formula is C19H35I3O2. The topological polar surface area (TPSA) is 37.3 Å². The SMILES string of the molecule is CCCCCC(I)C(C)CC(I)C(I)CCCCCCCC(=O)O. The average Bonchev–Trinajstić information content (AvgIpc) is 2.53. The van der Waals surface area contributed by atoms with E-state index in [1.165, 1.54) is 57.8 Å². The average molecular weight is 676 g/mol. The molecule has 144 valence electrons. The number of alkyl halides is 3. The standard InChI is InChI=1S/C19H35I3O2/c1-3-4-8-11-16(20)15(2)14-18(22)17(21)12-9-6-5-7-10-13-19(23)24/h15-18H,3-14H2,1-2H3,(H,23,24). The van der Waals surface area contributed by atoms with Crippen molar-refractivity contribution in [2.75, 3.05) is 0 Å². The van der Waals surface area contributed by atoms with Gasteiger partial charge < -0.3 is 5.11 Å². The summed E-state index contributed by atoms with van der Waals surface area (Å²) in [6, 6.07) is 0. The van der Waals surface area contributed by atoms with Crippen LogP contribution in [0.2, 0.25) is 0 Å². The predicted octanol–water partition coefficient (Wildman–Crippen LogP) is 7.82. The second kappa shape index (κ2) is 16.8. The van der Waals surface area contributed by atoms with Gasteiger partial charge in [-0.25, -0.2) is 0 Å². The quantitative estimate of drug-likeness (QED) is 0.103. The van der Waals surface area contributed by atoms with Crippen LogP contribution in [0.5, 0.6) is 0 Å². The largest absolute Gasteiger partial charge is 0.481 e. The van der Waals surface area contributed by atoms with Crippen LogP contribution in [0.15, 0.2) is 0 Å².